The number of carbonyl (C=O) groups excluding carboxylic acids is 2. The maximum Gasteiger partial charge on any atom is 0.312 e. The summed E-state index contributed by atoms with van der Waals surface area (Å²) in [5.74, 6) is -0.248. The Kier molecular flexibility index (Phi) is 7.06. The molecule has 3 amide bonds. The van der Waals surface area contributed by atoms with Gasteiger partial charge >= 0.3 is 6.03 Å². The number of likely N-dealkylation sites (tertiary alicyclic amines) is 1. The van der Waals surface area contributed by atoms with Gasteiger partial charge in [-0.15, -0.1) is 0 Å². The van der Waals surface area contributed by atoms with E-state index in [1.165, 1.54) is 44.3 Å². The zero-order valence-electron chi connectivity index (χ0n) is 14.4. The molecule has 1 heterocycles. The lowest BCUT2D eigenvalue weighted by Gasteiger charge is -2.20. The van der Waals surface area contributed by atoms with Gasteiger partial charge in [0.25, 0.3) is 0 Å². The molecule has 0 aliphatic carbocycles. The number of primary amides is 1. The number of hydrogen-bond donors (Lipinski definition) is 3. The molecule has 1 fully saturated rings. The van der Waals surface area contributed by atoms with Crippen molar-refractivity contribution in [2.45, 2.75) is 51.7 Å². The quantitative estimate of drug-likeness (QED) is 0.741. The summed E-state index contributed by atoms with van der Waals surface area (Å²) in [7, 11) is 0. The highest BCUT2D eigenvalue weighted by molar-refractivity contribution is 5.86. The van der Waals surface area contributed by atoms with Gasteiger partial charge in [0.2, 0.25) is 5.91 Å². The van der Waals surface area contributed by atoms with Crippen LogP contribution in [0.25, 0.3) is 0 Å². The Morgan fingerprint density at radius 2 is 1.67 bits per heavy atom. The molecule has 6 heteroatoms. The minimum atomic E-state index is -0.699. The molecule has 1 aliphatic heterocycles. The molecule has 1 aliphatic rings. The maximum atomic E-state index is 11.8. The summed E-state index contributed by atoms with van der Waals surface area (Å²) in [6.45, 7) is 5.40. The van der Waals surface area contributed by atoms with Gasteiger partial charge in [-0.25, -0.2) is 4.79 Å². The van der Waals surface area contributed by atoms with Crippen LogP contribution in [0.3, 0.4) is 0 Å². The lowest BCUT2D eigenvalue weighted by atomic mass is 10.1. The van der Waals surface area contributed by atoms with Crippen LogP contribution >= 0.6 is 0 Å². The van der Waals surface area contributed by atoms with Crippen LogP contribution in [0.1, 0.15) is 43.7 Å². The number of amides is 3. The third kappa shape index (κ3) is 6.20. The fourth-order valence-corrected chi connectivity index (χ4v) is 2.94. The summed E-state index contributed by atoms with van der Waals surface area (Å²) in [4.78, 5) is 25.1. The van der Waals surface area contributed by atoms with Crippen molar-refractivity contribution >= 4 is 11.9 Å². The van der Waals surface area contributed by atoms with Gasteiger partial charge in [-0.05, 0) is 44.0 Å². The zero-order valence-corrected chi connectivity index (χ0v) is 14.4. The number of nitrogens with one attached hydrogen (secondary N) is 2. The fraction of sp³-hybridized carbons (Fsp3) is 0.556. The summed E-state index contributed by atoms with van der Waals surface area (Å²) in [6, 6.07) is 6.99. The second kappa shape index (κ2) is 9.27. The summed E-state index contributed by atoms with van der Waals surface area (Å²) in [6.07, 6.45) is 5.28. The largest absolute Gasteiger partial charge is 0.352 e. The highest BCUT2D eigenvalue weighted by Gasteiger charge is 2.13. The molecule has 0 aromatic heterocycles. The molecule has 0 radical (unpaired) electrons. The average molecular weight is 332 g/mol. The van der Waals surface area contributed by atoms with Gasteiger partial charge in [-0.2, -0.15) is 0 Å². The zero-order chi connectivity index (χ0) is 17.4. The highest BCUT2D eigenvalue weighted by atomic mass is 16.2. The van der Waals surface area contributed by atoms with E-state index in [0.717, 1.165) is 12.1 Å². The number of urea groups is 1. The molecule has 0 unspecified atom stereocenters. The van der Waals surface area contributed by atoms with E-state index in [4.69, 9.17) is 5.73 Å². The topological polar surface area (TPSA) is 87.5 Å². The van der Waals surface area contributed by atoms with Crippen LogP contribution in [0, 0.1) is 0 Å². The van der Waals surface area contributed by atoms with Crippen molar-refractivity contribution < 1.29 is 9.59 Å². The van der Waals surface area contributed by atoms with Gasteiger partial charge < -0.3 is 16.4 Å². The van der Waals surface area contributed by atoms with E-state index in [1.807, 2.05) is 12.1 Å². The molecule has 132 valence electrons. The van der Waals surface area contributed by atoms with Gasteiger partial charge in [0, 0.05) is 13.1 Å². The molecule has 1 aromatic carbocycles. The van der Waals surface area contributed by atoms with Crippen LogP contribution in [0.5, 0.6) is 0 Å². The van der Waals surface area contributed by atoms with Crippen LogP contribution in [-0.2, 0) is 17.9 Å². The standard InChI is InChI=1S/C18H28N4O2/c1-14(21-18(19)24)17(23)20-12-15-6-8-16(9-7-15)13-22-10-4-2-3-5-11-22/h6-9,14H,2-5,10-13H2,1H3,(H,20,23)(H3,19,21,24)/t14-/m0/s1. The number of benzene rings is 1. The van der Waals surface area contributed by atoms with E-state index < -0.39 is 12.1 Å². The predicted octanol–water partition coefficient (Wildman–Crippen LogP) is 1.74. The van der Waals surface area contributed by atoms with Gasteiger partial charge in [-0.1, -0.05) is 37.1 Å². The smallest absolute Gasteiger partial charge is 0.312 e. The number of nitrogens with zero attached hydrogens (tertiary/aromatic N) is 1. The number of carbonyl (C=O) groups is 2. The van der Waals surface area contributed by atoms with E-state index in [9.17, 15) is 9.59 Å². The van der Waals surface area contributed by atoms with E-state index >= 15 is 0 Å². The van der Waals surface area contributed by atoms with Crippen molar-refractivity contribution in [2.24, 2.45) is 5.73 Å². The molecule has 0 spiro atoms. The molecule has 2 rings (SSSR count). The molecule has 1 atom stereocenters. The number of nitrogens with two attached hydrogens (primary N) is 1. The third-order valence-corrected chi connectivity index (χ3v) is 4.35. The number of hydrogen-bond acceptors (Lipinski definition) is 3. The Morgan fingerprint density at radius 1 is 1.08 bits per heavy atom. The molecule has 1 aromatic rings. The number of rotatable bonds is 6. The van der Waals surface area contributed by atoms with Crippen molar-refractivity contribution in [1.82, 2.24) is 15.5 Å². The summed E-state index contributed by atoms with van der Waals surface area (Å²) < 4.78 is 0. The molecule has 0 saturated carbocycles. The van der Waals surface area contributed by atoms with Crippen molar-refractivity contribution in [1.29, 1.82) is 0 Å². The van der Waals surface area contributed by atoms with Crippen LogP contribution in [0.4, 0.5) is 4.79 Å². The van der Waals surface area contributed by atoms with Crippen molar-refractivity contribution in [3.05, 3.63) is 35.4 Å². The normalized spacial score (nSPS) is 16.9. The van der Waals surface area contributed by atoms with E-state index in [-0.39, 0.29) is 5.91 Å². The van der Waals surface area contributed by atoms with E-state index in [0.29, 0.717) is 6.54 Å². The second-order valence-electron chi connectivity index (χ2n) is 6.45. The summed E-state index contributed by atoms with van der Waals surface area (Å²) in [5.41, 5.74) is 7.35. The Hall–Kier alpha value is -2.08. The molecule has 6 nitrogen and oxygen atoms in total. The first-order chi connectivity index (χ1) is 11.5. The highest BCUT2D eigenvalue weighted by Crippen LogP contribution is 2.13. The second-order valence-corrected chi connectivity index (χ2v) is 6.45. The predicted molar refractivity (Wildman–Crippen MR) is 94.2 cm³/mol. The Bertz CT molecular complexity index is 536. The van der Waals surface area contributed by atoms with Crippen LogP contribution in [-0.4, -0.2) is 36.0 Å². The maximum absolute atomic E-state index is 11.8. The van der Waals surface area contributed by atoms with E-state index in [2.05, 4.69) is 27.7 Å². The minimum Gasteiger partial charge on any atom is -0.352 e. The first kappa shape index (κ1) is 18.3. The fourth-order valence-electron chi connectivity index (χ4n) is 2.94. The molecular formula is C18H28N4O2. The Balaban J connectivity index is 1.79. The lowest BCUT2D eigenvalue weighted by Crippen LogP contribution is -2.46. The van der Waals surface area contributed by atoms with Crippen molar-refractivity contribution in [2.75, 3.05) is 13.1 Å². The van der Waals surface area contributed by atoms with Gasteiger partial charge in [-0.3, -0.25) is 9.69 Å². The Labute approximate surface area is 143 Å². The van der Waals surface area contributed by atoms with Gasteiger partial charge in [0.15, 0.2) is 0 Å². The summed E-state index contributed by atoms with van der Waals surface area (Å²) in [5, 5.41) is 5.15. The molecule has 1 saturated heterocycles. The lowest BCUT2D eigenvalue weighted by molar-refractivity contribution is -0.122. The molecular weight excluding hydrogens is 304 g/mol. The molecule has 0 bridgehead atoms. The van der Waals surface area contributed by atoms with Gasteiger partial charge in [0.1, 0.15) is 6.04 Å². The van der Waals surface area contributed by atoms with Crippen LogP contribution in [0.15, 0.2) is 24.3 Å². The molecule has 4 N–H and O–H groups in total. The Morgan fingerprint density at radius 3 is 2.25 bits per heavy atom. The third-order valence-electron chi connectivity index (χ3n) is 4.35. The van der Waals surface area contributed by atoms with Crippen LogP contribution in [0.2, 0.25) is 0 Å². The minimum absolute atomic E-state index is 0.248. The first-order valence-corrected chi connectivity index (χ1v) is 8.68. The average Bonchev–Trinajstić information content (AvgIpc) is 2.82. The van der Waals surface area contributed by atoms with E-state index in [1.54, 1.807) is 6.92 Å². The van der Waals surface area contributed by atoms with Crippen LogP contribution < -0.4 is 16.4 Å². The summed E-state index contributed by atoms with van der Waals surface area (Å²) >= 11 is 0. The SMILES string of the molecule is C[C@H](NC(N)=O)C(=O)NCc1ccc(CN2CCCCCC2)cc1. The van der Waals surface area contributed by atoms with Crippen molar-refractivity contribution in [3.63, 3.8) is 0 Å². The van der Waals surface area contributed by atoms with Crippen molar-refractivity contribution in [3.8, 4) is 0 Å². The first-order valence-electron chi connectivity index (χ1n) is 8.68. The van der Waals surface area contributed by atoms with Gasteiger partial charge in [0.05, 0.1) is 0 Å². The monoisotopic (exact) mass is 332 g/mol. The molecule has 24 heavy (non-hydrogen) atoms.